The van der Waals surface area contributed by atoms with Crippen LogP contribution >= 0.6 is 0 Å². The Morgan fingerprint density at radius 3 is 3.00 bits per heavy atom. The van der Waals surface area contributed by atoms with Crippen LogP contribution < -0.4 is 5.32 Å². The Hall–Kier alpha value is -0.120. The lowest BCUT2D eigenvalue weighted by atomic mass is 10.1. The molecule has 0 radical (unpaired) electrons. The largest absolute Gasteiger partial charge is 0.384 e. The fourth-order valence-electron chi connectivity index (χ4n) is 1.80. The first-order valence-electron chi connectivity index (χ1n) is 5.64. The topological polar surface area (TPSA) is 30.5 Å². The van der Waals surface area contributed by atoms with Crippen molar-refractivity contribution in [1.82, 2.24) is 5.32 Å². The molecule has 2 unspecified atom stereocenters. The lowest BCUT2D eigenvalue weighted by Crippen LogP contribution is -2.34. The normalized spacial score (nSPS) is 24.9. The van der Waals surface area contributed by atoms with E-state index < -0.39 is 0 Å². The van der Waals surface area contributed by atoms with Crippen LogP contribution in [0.15, 0.2) is 0 Å². The van der Waals surface area contributed by atoms with E-state index in [1.165, 1.54) is 19.3 Å². The molecule has 1 rings (SSSR count). The summed E-state index contributed by atoms with van der Waals surface area (Å²) in [4.78, 5) is 0. The Labute approximate surface area is 87.2 Å². The van der Waals surface area contributed by atoms with E-state index in [1.54, 1.807) is 7.11 Å². The molecule has 0 bridgehead atoms. The Morgan fingerprint density at radius 1 is 1.50 bits per heavy atom. The molecule has 0 aromatic rings. The quantitative estimate of drug-likeness (QED) is 0.705. The van der Waals surface area contributed by atoms with Crippen molar-refractivity contribution in [2.24, 2.45) is 5.92 Å². The molecule has 1 fully saturated rings. The molecular formula is C11H23NO2. The number of nitrogens with one attached hydrogen (secondary N) is 1. The lowest BCUT2D eigenvalue weighted by molar-refractivity contribution is 0.0161. The molecule has 3 nitrogen and oxygen atoms in total. The molecular weight excluding hydrogens is 178 g/mol. The molecule has 14 heavy (non-hydrogen) atoms. The molecule has 2 atom stereocenters. The molecule has 0 saturated carbocycles. The monoisotopic (exact) mass is 201 g/mol. The van der Waals surface area contributed by atoms with Crippen molar-refractivity contribution in [2.75, 3.05) is 33.4 Å². The van der Waals surface area contributed by atoms with Crippen LogP contribution in [0.4, 0.5) is 0 Å². The van der Waals surface area contributed by atoms with Gasteiger partial charge in [0.15, 0.2) is 0 Å². The van der Waals surface area contributed by atoms with Gasteiger partial charge in [-0.1, -0.05) is 6.92 Å². The zero-order chi connectivity index (χ0) is 10.2. The van der Waals surface area contributed by atoms with Crippen molar-refractivity contribution in [3.05, 3.63) is 0 Å². The maximum Gasteiger partial charge on any atom is 0.0699 e. The van der Waals surface area contributed by atoms with E-state index in [0.717, 1.165) is 26.3 Å². The van der Waals surface area contributed by atoms with Crippen molar-refractivity contribution in [1.29, 1.82) is 0 Å². The van der Waals surface area contributed by atoms with E-state index in [2.05, 4.69) is 12.2 Å². The van der Waals surface area contributed by atoms with Crippen LogP contribution in [0.25, 0.3) is 0 Å². The third-order valence-corrected chi connectivity index (χ3v) is 2.59. The molecule has 0 spiro atoms. The fraction of sp³-hybridized carbons (Fsp3) is 1.00. The summed E-state index contributed by atoms with van der Waals surface area (Å²) in [6, 6.07) is 0. The molecule has 0 aromatic carbocycles. The van der Waals surface area contributed by atoms with Gasteiger partial charge in [-0.2, -0.15) is 0 Å². The minimum absolute atomic E-state index is 0.443. The van der Waals surface area contributed by atoms with Gasteiger partial charge in [0.05, 0.1) is 6.10 Å². The van der Waals surface area contributed by atoms with Crippen molar-refractivity contribution in [2.45, 2.75) is 32.3 Å². The van der Waals surface area contributed by atoms with Crippen molar-refractivity contribution in [3.8, 4) is 0 Å². The number of hydrogen-bond donors (Lipinski definition) is 1. The smallest absolute Gasteiger partial charge is 0.0699 e. The summed E-state index contributed by atoms with van der Waals surface area (Å²) in [6.45, 7) is 5.98. The highest BCUT2D eigenvalue weighted by atomic mass is 16.5. The summed E-state index contributed by atoms with van der Waals surface area (Å²) >= 11 is 0. The number of methoxy groups -OCH3 is 1. The van der Waals surface area contributed by atoms with Gasteiger partial charge in [-0.3, -0.25) is 0 Å². The minimum atomic E-state index is 0.443. The van der Waals surface area contributed by atoms with Crippen LogP contribution in [0.3, 0.4) is 0 Å². The Kier molecular flexibility index (Phi) is 6.15. The molecule has 1 aliphatic heterocycles. The average molecular weight is 201 g/mol. The van der Waals surface area contributed by atoms with Crippen LogP contribution in [-0.2, 0) is 9.47 Å². The zero-order valence-corrected chi connectivity index (χ0v) is 9.42. The van der Waals surface area contributed by atoms with Gasteiger partial charge in [0.25, 0.3) is 0 Å². The highest BCUT2D eigenvalue weighted by Gasteiger charge is 2.13. The van der Waals surface area contributed by atoms with Crippen molar-refractivity contribution in [3.63, 3.8) is 0 Å². The molecule has 1 aliphatic rings. The SMILES string of the molecule is COCC(C)CNCC1CCCCO1. The summed E-state index contributed by atoms with van der Waals surface area (Å²) in [5, 5.41) is 3.43. The first-order valence-corrected chi connectivity index (χ1v) is 5.64. The Bertz CT molecular complexity index is 135. The molecule has 1 heterocycles. The third kappa shape index (κ3) is 4.94. The van der Waals surface area contributed by atoms with Gasteiger partial charge in [0, 0.05) is 26.9 Å². The van der Waals surface area contributed by atoms with Crippen LogP contribution in [0, 0.1) is 5.92 Å². The molecule has 0 aliphatic carbocycles. The molecule has 0 amide bonds. The van der Waals surface area contributed by atoms with Crippen LogP contribution in [0.2, 0.25) is 0 Å². The highest BCUT2D eigenvalue weighted by molar-refractivity contribution is 4.67. The fourth-order valence-corrected chi connectivity index (χ4v) is 1.80. The minimum Gasteiger partial charge on any atom is -0.384 e. The third-order valence-electron chi connectivity index (χ3n) is 2.59. The van der Waals surface area contributed by atoms with Crippen molar-refractivity contribution < 1.29 is 9.47 Å². The van der Waals surface area contributed by atoms with Gasteiger partial charge < -0.3 is 14.8 Å². The standard InChI is InChI=1S/C11H23NO2/c1-10(9-13-2)7-12-8-11-5-3-4-6-14-11/h10-12H,3-9H2,1-2H3. The molecule has 1 N–H and O–H groups in total. The maximum absolute atomic E-state index is 5.63. The van der Waals surface area contributed by atoms with Crippen molar-refractivity contribution >= 4 is 0 Å². The zero-order valence-electron chi connectivity index (χ0n) is 9.42. The van der Waals surface area contributed by atoms with Gasteiger partial charge >= 0.3 is 0 Å². The number of ether oxygens (including phenoxy) is 2. The van der Waals surface area contributed by atoms with Gasteiger partial charge in [-0.05, 0) is 31.7 Å². The Morgan fingerprint density at radius 2 is 2.36 bits per heavy atom. The van der Waals surface area contributed by atoms with Gasteiger partial charge in [-0.25, -0.2) is 0 Å². The predicted octanol–water partition coefficient (Wildman–Crippen LogP) is 1.43. The van der Waals surface area contributed by atoms with Crippen LogP contribution in [-0.4, -0.2) is 39.5 Å². The summed E-state index contributed by atoms with van der Waals surface area (Å²) < 4.78 is 10.7. The second-order valence-corrected chi connectivity index (χ2v) is 4.21. The van der Waals surface area contributed by atoms with Crippen LogP contribution in [0.1, 0.15) is 26.2 Å². The predicted molar refractivity (Wildman–Crippen MR) is 57.5 cm³/mol. The summed E-state index contributed by atoms with van der Waals surface area (Å²) in [5.74, 6) is 0.587. The first-order chi connectivity index (χ1) is 6.83. The van der Waals surface area contributed by atoms with E-state index in [9.17, 15) is 0 Å². The van der Waals surface area contributed by atoms with E-state index in [1.807, 2.05) is 0 Å². The lowest BCUT2D eigenvalue weighted by Gasteiger charge is -2.23. The Balaban J connectivity index is 1.96. The second kappa shape index (κ2) is 7.21. The molecule has 1 saturated heterocycles. The maximum atomic E-state index is 5.63. The summed E-state index contributed by atoms with van der Waals surface area (Å²) in [7, 11) is 1.75. The van der Waals surface area contributed by atoms with Gasteiger partial charge in [0.2, 0.25) is 0 Å². The average Bonchev–Trinajstić information content (AvgIpc) is 2.20. The van der Waals surface area contributed by atoms with Gasteiger partial charge in [-0.15, -0.1) is 0 Å². The van der Waals surface area contributed by atoms with E-state index in [-0.39, 0.29) is 0 Å². The van der Waals surface area contributed by atoms with E-state index >= 15 is 0 Å². The number of rotatable bonds is 6. The van der Waals surface area contributed by atoms with E-state index in [0.29, 0.717) is 12.0 Å². The summed E-state index contributed by atoms with van der Waals surface area (Å²) in [6.07, 6.45) is 4.21. The molecule has 84 valence electrons. The first kappa shape index (κ1) is 12.0. The molecule has 0 aromatic heterocycles. The highest BCUT2D eigenvalue weighted by Crippen LogP contribution is 2.11. The molecule has 3 heteroatoms. The summed E-state index contributed by atoms with van der Waals surface area (Å²) in [5.41, 5.74) is 0. The second-order valence-electron chi connectivity index (χ2n) is 4.21. The number of hydrogen-bond acceptors (Lipinski definition) is 3. The van der Waals surface area contributed by atoms with Gasteiger partial charge in [0.1, 0.15) is 0 Å². The van der Waals surface area contributed by atoms with Crippen LogP contribution in [0.5, 0.6) is 0 Å². The van der Waals surface area contributed by atoms with E-state index in [4.69, 9.17) is 9.47 Å².